The van der Waals surface area contributed by atoms with Crippen LogP contribution in [-0.4, -0.2) is 13.7 Å². The van der Waals surface area contributed by atoms with Gasteiger partial charge < -0.3 is 9.15 Å². The van der Waals surface area contributed by atoms with E-state index in [0.717, 1.165) is 5.56 Å². The zero-order valence-corrected chi connectivity index (χ0v) is 16.7. The van der Waals surface area contributed by atoms with Crippen LogP contribution < -0.4 is 14.9 Å². The maximum atomic E-state index is 12.5. The minimum absolute atomic E-state index is 0.0686. The van der Waals surface area contributed by atoms with Gasteiger partial charge in [0, 0.05) is 11.1 Å². The Labute approximate surface area is 168 Å². The molecule has 0 saturated carbocycles. The van der Waals surface area contributed by atoms with E-state index < -0.39 is 15.3 Å². The molecule has 0 saturated heterocycles. The molecule has 1 aliphatic carbocycles. The van der Waals surface area contributed by atoms with Crippen molar-refractivity contribution < 1.29 is 17.6 Å². The quantitative estimate of drug-likeness (QED) is 0.741. The Morgan fingerprint density at radius 3 is 2.68 bits per heavy atom. The number of hydrogen-bond donors (Lipinski definition) is 1. The van der Waals surface area contributed by atoms with E-state index in [9.17, 15) is 13.2 Å². The van der Waals surface area contributed by atoms with Gasteiger partial charge in [-0.2, -0.15) is 0 Å². The third kappa shape index (κ3) is 5.13. The second-order valence-corrected chi connectivity index (χ2v) is 8.81. The van der Waals surface area contributed by atoms with Crippen molar-refractivity contribution in [3.63, 3.8) is 0 Å². The Morgan fingerprint density at radius 2 is 2.00 bits per heavy atom. The Bertz CT molecular complexity index is 1040. The van der Waals surface area contributed by atoms with Crippen LogP contribution in [0.3, 0.4) is 0 Å². The molecule has 8 heteroatoms. The number of nitrogens with one attached hydrogen (secondary N) is 1. The molecule has 6 nitrogen and oxygen atoms in total. The molecule has 2 aromatic rings. The van der Waals surface area contributed by atoms with Gasteiger partial charge in [0.25, 0.3) is 0 Å². The van der Waals surface area contributed by atoms with E-state index in [1.807, 2.05) is 30.3 Å². The molecule has 0 spiro atoms. The third-order valence-corrected chi connectivity index (χ3v) is 6.38. The van der Waals surface area contributed by atoms with Gasteiger partial charge in [-0.3, -0.25) is 4.79 Å². The number of benzene rings is 1. The molecule has 1 aromatic heterocycles. The van der Waals surface area contributed by atoms with Crippen LogP contribution in [0.15, 0.2) is 75.1 Å². The van der Waals surface area contributed by atoms with Crippen molar-refractivity contribution in [2.24, 2.45) is 5.92 Å². The molecule has 0 bridgehead atoms. The normalized spacial score (nSPS) is 19.3. The van der Waals surface area contributed by atoms with Crippen LogP contribution in [0, 0.1) is 5.92 Å². The summed E-state index contributed by atoms with van der Waals surface area (Å²) in [5.74, 6) is -0.00324. The van der Waals surface area contributed by atoms with E-state index in [1.165, 1.54) is 12.3 Å². The molecule has 1 heterocycles. The Hall–Kier alpha value is -2.35. The summed E-state index contributed by atoms with van der Waals surface area (Å²) >= 11 is 5.89. The summed E-state index contributed by atoms with van der Waals surface area (Å²) in [7, 11) is -3.66. The summed E-state index contributed by atoms with van der Waals surface area (Å²) in [4.78, 5) is 12.2. The number of ether oxygens (including phenoxy) is 1. The van der Waals surface area contributed by atoms with E-state index in [2.05, 4.69) is 4.72 Å². The maximum absolute atomic E-state index is 12.5. The van der Waals surface area contributed by atoms with Gasteiger partial charge in [-0.25, -0.2) is 13.1 Å². The van der Waals surface area contributed by atoms with E-state index in [1.54, 1.807) is 25.2 Å². The lowest BCUT2D eigenvalue weighted by atomic mass is 10.0. The Kier molecular flexibility index (Phi) is 6.39. The summed E-state index contributed by atoms with van der Waals surface area (Å²) in [6.07, 6.45) is 5.99. The molecule has 1 aliphatic rings. The lowest BCUT2D eigenvalue weighted by molar-refractivity contribution is 0.289. The largest absolute Gasteiger partial charge is 0.482 e. The first-order chi connectivity index (χ1) is 13.3. The van der Waals surface area contributed by atoms with Gasteiger partial charge in [0.2, 0.25) is 21.2 Å². The van der Waals surface area contributed by atoms with Crippen molar-refractivity contribution in [1.29, 1.82) is 0 Å². The molecule has 2 atom stereocenters. The monoisotopic (exact) mass is 421 g/mol. The lowest BCUT2D eigenvalue weighted by Crippen LogP contribution is -2.37. The first-order valence-corrected chi connectivity index (χ1v) is 10.6. The fourth-order valence-electron chi connectivity index (χ4n) is 2.79. The van der Waals surface area contributed by atoms with E-state index in [4.69, 9.17) is 20.8 Å². The zero-order chi connectivity index (χ0) is 20.1. The highest BCUT2D eigenvalue weighted by molar-refractivity contribution is 7.90. The van der Waals surface area contributed by atoms with Crippen LogP contribution in [0.4, 0.5) is 0 Å². The molecule has 148 valence electrons. The van der Waals surface area contributed by atoms with Gasteiger partial charge in [-0.15, -0.1) is 0 Å². The first kappa shape index (κ1) is 20.4. The standard InChI is InChI=1S/C20H20ClNO5S/c1-14-9-16(21)7-8-20(14)28(24,25)22-11-17-10-18(23)19(13-26-17)27-12-15-5-3-2-4-6-15/h2-10,13-14,20,22H,11-12H2,1H3. The minimum atomic E-state index is -3.66. The molecule has 0 fully saturated rings. The van der Waals surface area contributed by atoms with E-state index >= 15 is 0 Å². The van der Waals surface area contributed by atoms with Crippen LogP contribution in [0.25, 0.3) is 0 Å². The molecular weight excluding hydrogens is 402 g/mol. The summed E-state index contributed by atoms with van der Waals surface area (Å²) in [6, 6.07) is 10.6. The molecule has 0 amide bonds. The molecule has 1 aromatic carbocycles. The summed E-state index contributed by atoms with van der Waals surface area (Å²) in [5.41, 5.74) is 0.541. The highest BCUT2D eigenvalue weighted by Crippen LogP contribution is 2.24. The smallest absolute Gasteiger partial charge is 0.227 e. The average Bonchev–Trinajstić information content (AvgIpc) is 2.66. The van der Waals surface area contributed by atoms with Crippen molar-refractivity contribution >= 4 is 21.6 Å². The zero-order valence-electron chi connectivity index (χ0n) is 15.2. The Balaban J connectivity index is 1.61. The molecule has 2 unspecified atom stereocenters. The minimum Gasteiger partial charge on any atom is -0.482 e. The van der Waals surface area contributed by atoms with Gasteiger partial charge in [-0.1, -0.05) is 61.0 Å². The number of sulfonamides is 1. The average molecular weight is 422 g/mol. The lowest BCUT2D eigenvalue weighted by Gasteiger charge is -2.21. The predicted molar refractivity (Wildman–Crippen MR) is 108 cm³/mol. The van der Waals surface area contributed by atoms with Crippen molar-refractivity contribution in [1.82, 2.24) is 4.72 Å². The number of hydrogen-bond acceptors (Lipinski definition) is 5. The van der Waals surface area contributed by atoms with Crippen molar-refractivity contribution in [2.45, 2.75) is 25.3 Å². The van der Waals surface area contributed by atoms with Crippen molar-refractivity contribution in [3.05, 3.63) is 87.5 Å². The van der Waals surface area contributed by atoms with Crippen LogP contribution in [0.1, 0.15) is 18.2 Å². The highest BCUT2D eigenvalue weighted by atomic mass is 35.5. The summed E-state index contributed by atoms with van der Waals surface area (Å²) in [6.45, 7) is 1.87. The molecular formula is C20H20ClNO5S. The van der Waals surface area contributed by atoms with Gasteiger partial charge in [-0.05, 0) is 17.6 Å². The number of halogens is 1. The van der Waals surface area contributed by atoms with Gasteiger partial charge >= 0.3 is 0 Å². The van der Waals surface area contributed by atoms with Crippen molar-refractivity contribution in [3.8, 4) is 5.75 Å². The summed E-state index contributed by atoms with van der Waals surface area (Å²) < 4.78 is 38.3. The molecule has 3 rings (SSSR count). The highest BCUT2D eigenvalue weighted by Gasteiger charge is 2.29. The van der Waals surface area contributed by atoms with Crippen molar-refractivity contribution in [2.75, 3.05) is 0 Å². The topological polar surface area (TPSA) is 85.6 Å². The first-order valence-electron chi connectivity index (χ1n) is 8.67. The molecule has 0 radical (unpaired) electrons. The van der Waals surface area contributed by atoms with Crippen LogP contribution in [-0.2, 0) is 23.2 Å². The molecule has 0 aliphatic heterocycles. The van der Waals surface area contributed by atoms with Crippen LogP contribution in [0.5, 0.6) is 5.75 Å². The fraction of sp³-hybridized carbons (Fsp3) is 0.250. The summed E-state index contributed by atoms with van der Waals surface area (Å²) in [5, 5.41) is -0.230. The predicted octanol–water partition coefficient (Wildman–Crippen LogP) is 3.34. The number of rotatable bonds is 7. The fourth-order valence-corrected chi connectivity index (χ4v) is 4.53. The molecule has 28 heavy (non-hydrogen) atoms. The number of allylic oxidation sites excluding steroid dienone is 3. The van der Waals surface area contributed by atoms with Gasteiger partial charge in [0.05, 0.1) is 11.8 Å². The SMILES string of the molecule is CC1C=C(Cl)C=CC1S(=O)(=O)NCc1cc(=O)c(OCc2ccccc2)co1. The maximum Gasteiger partial charge on any atom is 0.227 e. The van der Waals surface area contributed by atoms with Crippen LogP contribution >= 0.6 is 11.6 Å². The second-order valence-electron chi connectivity index (χ2n) is 6.45. The van der Waals surface area contributed by atoms with Crippen LogP contribution in [0.2, 0.25) is 0 Å². The van der Waals surface area contributed by atoms with E-state index in [-0.39, 0.29) is 36.0 Å². The van der Waals surface area contributed by atoms with E-state index in [0.29, 0.717) is 5.03 Å². The van der Waals surface area contributed by atoms with Gasteiger partial charge in [0.15, 0.2) is 0 Å². The van der Waals surface area contributed by atoms with Gasteiger partial charge in [0.1, 0.15) is 18.6 Å². The Morgan fingerprint density at radius 1 is 1.25 bits per heavy atom. The third-order valence-electron chi connectivity index (χ3n) is 4.28. The molecule has 1 N–H and O–H groups in total. The second kappa shape index (κ2) is 8.77.